The van der Waals surface area contributed by atoms with E-state index in [4.69, 9.17) is 4.74 Å². The molecule has 0 fully saturated rings. The van der Waals surface area contributed by atoms with Gasteiger partial charge in [0.15, 0.2) is 5.78 Å². The van der Waals surface area contributed by atoms with Gasteiger partial charge >= 0.3 is 0 Å². The highest BCUT2D eigenvalue weighted by Crippen LogP contribution is 2.29. The molecule has 0 radical (unpaired) electrons. The van der Waals surface area contributed by atoms with Gasteiger partial charge in [0.1, 0.15) is 17.4 Å². The van der Waals surface area contributed by atoms with E-state index in [1.807, 2.05) is 44.2 Å². The second-order valence-electron chi connectivity index (χ2n) is 7.35. The Morgan fingerprint density at radius 3 is 2.69 bits per heavy atom. The minimum absolute atomic E-state index is 0.103. The SMILES string of the molecule is C=CC(=O)CNc1cccc(C)c1Nc1ccc(/C(F)=C/c2cc(C)cc(OC)c2)cn1. The molecule has 164 valence electrons. The number of halogens is 1. The van der Waals surface area contributed by atoms with E-state index in [9.17, 15) is 9.18 Å². The van der Waals surface area contributed by atoms with Gasteiger partial charge in [0, 0.05) is 11.8 Å². The zero-order valence-electron chi connectivity index (χ0n) is 18.4. The van der Waals surface area contributed by atoms with E-state index < -0.39 is 5.83 Å². The number of para-hydroxylation sites is 1. The number of benzene rings is 2. The highest BCUT2D eigenvalue weighted by Gasteiger charge is 2.09. The normalized spacial score (nSPS) is 11.1. The van der Waals surface area contributed by atoms with Gasteiger partial charge in [0.25, 0.3) is 0 Å². The summed E-state index contributed by atoms with van der Waals surface area (Å²) in [5.41, 5.74) is 4.62. The molecule has 1 heterocycles. The van der Waals surface area contributed by atoms with Crippen LogP contribution in [-0.4, -0.2) is 24.4 Å². The Balaban J connectivity index is 1.79. The summed E-state index contributed by atoms with van der Waals surface area (Å²) in [5, 5.41) is 6.36. The van der Waals surface area contributed by atoms with Crippen molar-refractivity contribution in [2.24, 2.45) is 0 Å². The van der Waals surface area contributed by atoms with Gasteiger partial charge in [0.05, 0.1) is 25.0 Å². The number of carbonyl (C=O) groups excluding carboxylic acids is 1. The third-order valence-electron chi connectivity index (χ3n) is 4.85. The van der Waals surface area contributed by atoms with Gasteiger partial charge in [-0.2, -0.15) is 0 Å². The Morgan fingerprint density at radius 2 is 2.00 bits per heavy atom. The maximum atomic E-state index is 14.8. The molecule has 2 aromatic carbocycles. The van der Waals surface area contributed by atoms with Crippen LogP contribution < -0.4 is 15.4 Å². The fraction of sp³-hybridized carbons (Fsp3) is 0.154. The van der Waals surface area contributed by atoms with Crippen molar-refractivity contribution < 1.29 is 13.9 Å². The smallest absolute Gasteiger partial charge is 0.174 e. The molecule has 0 aliphatic rings. The van der Waals surface area contributed by atoms with Gasteiger partial charge in [0.2, 0.25) is 0 Å². The number of aromatic nitrogens is 1. The summed E-state index contributed by atoms with van der Waals surface area (Å²) >= 11 is 0. The molecule has 0 aliphatic carbocycles. The third-order valence-corrected chi connectivity index (χ3v) is 4.85. The van der Waals surface area contributed by atoms with Gasteiger partial charge in [-0.05, 0) is 73.0 Å². The number of hydrogen-bond acceptors (Lipinski definition) is 5. The molecule has 0 spiro atoms. The average molecular weight is 432 g/mol. The quantitative estimate of drug-likeness (QED) is 0.402. The van der Waals surface area contributed by atoms with Crippen LogP contribution in [0.25, 0.3) is 11.9 Å². The van der Waals surface area contributed by atoms with E-state index in [-0.39, 0.29) is 12.3 Å². The Bertz CT molecular complexity index is 1150. The number of nitrogens with one attached hydrogen (secondary N) is 2. The highest BCUT2D eigenvalue weighted by atomic mass is 19.1. The number of rotatable bonds is 9. The monoisotopic (exact) mass is 431 g/mol. The largest absolute Gasteiger partial charge is 0.497 e. The van der Waals surface area contributed by atoms with Crippen LogP contribution in [0.1, 0.15) is 22.3 Å². The fourth-order valence-electron chi connectivity index (χ4n) is 3.18. The van der Waals surface area contributed by atoms with E-state index in [2.05, 4.69) is 22.2 Å². The van der Waals surface area contributed by atoms with Crippen LogP contribution in [0.3, 0.4) is 0 Å². The van der Waals surface area contributed by atoms with Crippen molar-refractivity contribution in [1.29, 1.82) is 0 Å². The van der Waals surface area contributed by atoms with Gasteiger partial charge in [-0.3, -0.25) is 4.79 Å². The summed E-state index contributed by atoms with van der Waals surface area (Å²) in [6, 6.07) is 14.7. The Kier molecular flexibility index (Phi) is 7.39. The molecule has 5 nitrogen and oxygen atoms in total. The molecule has 3 aromatic rings. The van der Waals surface area contributed by atoms with Crippen LogP contribution in [0.2, 0.25) is 0 Å². The Hall–Kier alpha value is -3.93. The van der Waals surface area contributed by atoms with Crippen molar-refractivity contribution >= 4 is 34.9 Å². The molecule has 0 atom stereocenters. The number of carbonyl (C=O) groups is 1. The maximum Gasteiger partial charge on any atom is 0.174 e. The van der Waals surface area contributed by atoms with Crippen molar-refractivity contribution in [3.63, 3.8) is 0 Å². The number of hydrogen-bond donors (Lipinski definition) is 2. The van der Waals surface area contributed by atoms with Crippen molar-refractivity contribution in [2.75, 3.05) is 24.3 Å². The first kappa shape index (κ1) is 22.7. The van der Waals surface area contributed by atoms with E-state index in [1.54, 1.807) is 25.3 Å². The van der Waals surface area contributed by atoms with Crippen LogP contribution in [0, 0.1) is 13.8 Å². The van der Waals surface area contributed by atoms with E-state index in [1.165, 1.54) is 18.3 Å². The number of ketones is 1. The zero-order chi connectivity index (χ0) is 23.1. The summed E-state index contributed by atoms with van der Waals surface area (Å²) in [6.45, 7) is 7.52. The van der Waals surface area contributed by atoms with Gasteiger partial charge in [-0.25, -0.2) is 9.37 Å². The summed E-state index contributed by atoms with van der Waals surface area (Å²) < 4.78 is 20.0. The first-order valence-electron chi connectivity index (χ1n) is 10.1. The molecule has 0 saturated carbocycles. The van der Waals surface area contributed by atoms with E-state index in [0.29, 0.717) is 22.7 Å². The summed E-state index contributed by atoms with van der Waals surface area (Å²) in [7, 11) is 1.58. The maximum absolute atomic E-state index is 14.8. The van der Waals surface area contributed by atoms with Gasteiger partial charge in [-0.15, -0.1) is 0 Å². The first-order valence-corrected chi connectivity index (χ1v) is 10.1. The third kappa shape index (κ3) is 5.82. The average Bonchev–Trinajstić information content (AvgIpc) is 2.79. The molecular weight excluding hydrogens is 405 g/mol. The lowest BCUT2D eigenvalue weighted by Crippen LogP contribution is -2.12. The van der Waals surface area contributed by atoms with Crippen molar-refractivity contribution in [1.82, 2.24) is 4.98 Å². The molecule has 0 bridgehead atoms. The minimum Gasteiger partial charge on any atom is -0.497 e. The van der Waals surface area contributed by atoms with E-state index >= 15 is 0 Å². The zero-order valence-corrected chi connectivity index (χ0v) is 18.4. The number of pyridine rings is 1. The molecule has 0 saturated heterocycles. The number of methoxy groups -OCH3 is 1. The van der Waals surface area contributed by atoms with Crippen LogP contribution in [0.15, 0.2) is 67.4 Å². The van der Waals surface area contributed by atoms with Crippen LogP contribution in [0.4, 0.5) is 21.6 Å². The van der Waals surface area contributed by atoms with Gasteiger partial charge < -0.3 is 15.4 Å². The molecule has 0 aliphatic heterocycles. The number of aryl methyl sites for hydroxylation is 2. The Morgan fingerprint density at radius 1 is 1.19 bits per heavy atom. The lowest BCUT2D eigenvalue weighted by atomic mass is 10.1. The van der Waals surface area contributed by atoms with Crippen molar-refractivity contribution in [3.05, 3.63) is 89.6 Å². The number of anilines is 3. The summed E-state index contributed by atoms with van der Waals surface area (Å²) in [4.78, 5) is 15.9. The fourth-order valence-corrected chi connectivity index (χ4v) is 3.18. The molecule has 0 amide bonds. The minimum atomic E-state index is -0.391. The Labute approximate surface area is 187 Å². The van der Waals surface area contributed by atoms with Gasteiger partial charge in [-0.1, -0.05) is 24.8 Å². The molecule has 6 heteroatoms. The van der Waals surface area contributed by atoms with Crippen molar-refractivity contribution in [2.45, 2.75) is 13.8 Å². The molecule has 2 N–H and O–H groups in total. The molecule has 1 aromatic heterocycles. The lowest BCUT2D eigenvalue weighted by Gasteiger charge is -2.15. The van der Waals surface area contributed by atoms with Crippen LogP contribution in [-0.2, 0) is 4.79 Å². The predicted molar refractivity (Wildman–Crippen MR) is 129 cm³/mol. The molecule has 0 unspecified atom stereocenters. The number of nitrogens with zero attached hydrogens (tertiary/aromatic N) is 1. The highest BCUT2D eigenvalue weighted by molar-refractivity contribution is 5.93. The first-order chi connectivity index (χ1) is 15.4. The van der Waals surface area contributed by atoms with Crippen molar-refractivity contribution in [3.8, 4) is 5.75 Å². The summed E-state index contributed by atoms with van der Waals surface area (Å²) in [6.07, 6.45) is 4.22. The summed E-state index contributed by atoms with van der Waals surface area (Å²) in [5.74, 6) is 0.747. The topological polar surface area (TPSA) is 63.2 Å². The lowest BCUT2D eigenvalue weighted by molar-refractivity contribution is -0.113. The molecule has 32 heavy (non-hydrogen) atoms. The second kappa shape index (κ2) is 10.4. The van der Waals surface area contributed by atoms with Crippen LogP contribution >= 0.6 is 0 Å². The second-order valence-corrected chi connectivity index (χ2v) is 7.35. The number of ether oxygens (including phenoxy) is 1. The van der Waals surface area contributed by atoms with E-state index in [0.717, 1.165) is 22.5 Å². The predicted octanol–water partition coefficient (Wildman–Crippen LogP) is 6.09. The standard InChI is InChI=1S/C26H26FN3O2/c1-5-21(31)16-28-24-8-6-7-18(3)26(24)30-25-10-9-20(15-29-25)23(27)14-19-11-17(2)12-22(13-19)32-4/h5-15,28H,1,16H2,2-4H3,(H,29,30)/b23-14-. The molecular formula is C26H26FN3O2. The van der Waals surface area contributed by atoms with Crippen LogP contribution in [0.5, 0.6) is 5.75 Å². The molecule has 3 rings (SSSR count).